The largest absolute Gasteiger partial charge is 0.312 e. The van der Waals surface area contributed by atoms with Crippen LogP contribution < -0.4 is 5.32 Å². The molecule has 0 bridgehead atoms. The van der Waals surface area contributed by atoms with Gasteiger partial charge in [-0.15, -0.1) is 0 Å². The van der Waals surface area contributed by atoms with Gasteiger partial charge in [0, 0.05) is 36.5 Å². The first kappa shape index (κ1) is 13.2. The van der Waals surface area contributed by atoms with Gasteiger partial charge in [0.15, 0.2) is 5.82 Å². The van der Waals surface area contributed by atoms with Gasteiger partial charge in [0.05, 0.1) is 5.69 Å². The first-order valence-electron chi connectivity index (χ1n) is 7.31. The molecule has 2 aromatic rings. The van der Waals surface area contributed by atoms with Crippen LogP contribution in [0.3, 0.4) is 0 Å². The number of hydrogen-bond donors (Lipinski definition) is 1. The van der Waals surface area contributed by atoms with Gasteiger partial charge < -0.3 is 5.32 Å². The maximum atomic E-state index is 4.77. The Balaban J connectivity index is 2.10. The minimum absolute atomic E-state index is 0.776. The zero-order valence-corrected chi connectivity index (χ0v) is 12.1. The van der Waals surface area contributed by atoms with Gasteiger partial charge in [-0.05, 0) is 25.5 Å². The fourth-order valence-electron chi connectivity index (χ4n) is 2.64. The van der Waals surface area contributed by atoms with E-state index >= 15 is 0 Å². The highest BCUT2D eigenvalue weighted by atomic mass is 15.0. The maximum Gasteiger partial charge on any atom is 0.178 e. The molecule has 0 atom stereocenters. The molecule has 1 aliphatic rings. The second-order valence-corrected chi connectivity index (χ2v) is 5.26. The molecular weight excluding hydrogens is 248 g/mol. The second-order valence-electron chi connectivity index (χ2n) is 5.26. The summed E-state index contributed by atoms with van der Waals surface area (Å²) >= 11 is 0. The third-order valence-corrected chi connectivity index (χ3v) is 3.62. The van der Waals surface area contributed by atoms with Gasteiger partial charge in [-0.3, -0.25) is 0 Å². The van der Waals surface area contributed by atoms with Crippen LogP contribution in [0.15, 0.2) is 18.2 Å². The molecule has 0 fully saturated rings. The summed E-state index contributed by atoms with van der Waals surface area (Å²) in [6.07, 6.45) is 3.09. The van der Waals surface area contributed by atoms with Crippen LogP contribution in [-0.4, -0.2) is 21.5 Å². The molecular formula is C16H20N4. The average Bonchev–Trinajstić information content (AvgIpc) is 2.47. The second kappa shape index (κ2) is 5.67. The fourth-order valence-corrected chi connectivity index (χ4v) is 2.64. The minimum atomic E-state index is 0.776. The van der Waals surface area contributed by atoms with Crippen molar-refractivity contribution < 1.29 is 0 Å². The van der Waals surface area contributed by atoms with Gasteiger partial charge in [-0.2, -0.15) is 0 Å². The van der Waals surface area contributed by atoms with Gasteiger partial charge in [0.1, 0.15) is 5.69 Å². The Hall–Kier alpha value is -1.81. The Morgan fingerprint density at radius 2 is 2.10 bits per heavy atom. The summed E-state index contributed by atoms with van der Waals surface area (Å²) in [6.45, 7) is 6.08. The first-order chi connectivity index (χ1) is 9.78. The number of aryl methyl sites for hydroxylation is 2. The van der Waals surface area contributed by atoms with Crippen molar-refractivity contribution in [1.29, 1.82) is 0 Å². The molecule has 1 aliphatic heterocycles. The van der Waals surface area contributed by atoms with Crippen molar-refractivity contribution in [2.75, 3.05) is 6.54 Å². The first-order valence-corrected chi connectivity index (χ1v) is 7.31. The third-order valence-electron chi connectivity index (χ3n) is 3.62. The van der Waals surface area contributed by atoms with E-state index in [0.717, 1.165) is 49.6 Å². The molecule has 2 aromatic heterocycles. The van der Waals surface area contributed by atoms with Crippen LogP contribution >= 0.6 is 0 Å². The van der Waals surface area contributed by atoms with Crippen LogP contribution in [-0.2, 0) is 19.4 Å². The zero-order valence-electron chi connectivity index (χ0n) is 12.1. The molecule has 0 radical (unpaired) electrons. The number of fused-ring (bicyclic) bond motifs is 1. The summed E-state index contributed by atoms with van der Waals surface area (Å²) in [4.78, 5) is 14.1. The SMILES string of the molecule is CCCc1nc(-c2cccc(C)n2)nc2c1CNCC2. The molecule has 0 spiro atoms. The molecule has 1 N–H and O–H groups in total. The van der Waals surface area contributed by atoms with Crippen molar-refractivity contribution in [3.63, 3.8) is 0 Å². The van der Waals surface area contributed by atoms with E-state index in [9.17, 15) is 0 Å². The fraction of sp³-hybridized carbons (Fsp3) is 0.438. The standard InChI is InChI=1S/C16H20N4/c1-3-5-13-12-10-17-9-8-14(12)20-16(19-13)15-7-4-6-11(2)18-15/h4,6-7,17H,3,5,8-10H2,1-2H3. The third kappa shape index (κ3) is 2.56. The molecule has 3 rings (SSSR count). The highest BCUT2D eigenvalue weighted by Crippen LogP contribution is 2.21. The molecule has 4 nitrogen and oxygen atoms in total. The van der Waals surface area contributed by atoms with E-state index in [0.29, 0.717) is 0 Å². The van der Waals surface area contributed by atoms with E-state index in [1.165, 1.54) is 17.0 Å². The average molecular weight is 268 g/mol. The van der Waals surface area contributed by atoms with Crippen LogP contribution in [0.4, 0.5) is 0 Å². The van der Waals surface area contributed by atoms with Crippen molar-refractivity contribution in [2.24, 2.45) is 0 Å². The summed E-state index contributed by atoms with van der Waals surface area (Å²) < 4.78 is 0. The summed E-state index contributed by atoms with van der Waals surface area (Å²) in [5, 5.41) is 3.41. The number of nitrogens with zero attached hydrogens (tertiary/aromatic N) is 3. The van der Waals surface area contributed by atoms with Crippen LogP contribution in [0.5, 0.6) is 0 Å². The van der Waals surface area contributed by atoms with Crippen molar-refractivity contribution in [2.45, 2.75) is 39.7 Å². The van der Waals surface area contributed by atoms with Crippen molar-refractivity contribution in [1.82, 2.24) is 20.3 Å². The normalized spacial score (nSPS) is 14.1. The topological polar surface area (TPSA) is 50.7 Å². The van der Waals surface area contributed by atoms with Crippen LogP contribution in [0.25, 0.3) is 11.5 Å². The minimum Gasteiger partial charge on any atom is -0.312 e. The molecule has 104 valence electrons. The molecule has 4 heteroatoms. The Labute approximate surface area is 119 Å². The van der Waals surface area contributed by atoms with E-state index < -0.39 is 0 Å². The number of pyridine rings is 1. The van der Waals surface area contributed by atoms with E-state index in [1.807, 2.05) is 25.1 Å². The Morgan fingerprint density at radius 1 is 1.20 bits per heavy atom. The number of hydrogen-bond acceptors (Lipinski definition) is 4. The van der Waals surface area contributed by atoms with Gasteiger partial charge in [-0.1, -0.05) is 19.4 Å². The predicted octanol–water partition coefficient (Wildman–Crippen LogP) is 2.45. The molecule has 3 heterocycles. The lowest BCUT2D eigenvalue weighted by atomic mass is 10.0. The number of aromatic nitrogens is 3. The highest BCUT2D eigenvalue weighted by Gasteiger charge is 2.18. The maximum absolute atomic E-state index is 4.77. The predicted molar refractivity (Wildman–Crippen MR) is 79.4 cm³/mol. The molecule has 0 saturated heterocycles. The van der Waals surface area contributed by atoms with Crippen molar-refractivity contribution in [3.05, 3.63) is 40.8 Å². The van der Waals surface area contributed by atoms with E-state index in [2.05, 4.69) is 17.2 Å². The van der Waals surface area contributed by atoms with Crippen molar-refractivity contribution in [3.8, 4) is 11.5 Å². The lowest BCUT2D eigenvalue weighted by molar-refractivity contribution is 0.615. The van der Waals surface area contributed by atoms with Gasteiger partial charge in [0.2, 0.25) is 0 Å². The molecule has 0 unspecified atom stereocenters. The smallest absolute Gasteiger partial charge is 0.178 e. The molecule has 20 heavy (non-hydrogen) atoms. The Kier molecular flexibility index (Phi) is 3.74. The lowest BCUT2D eigenvalue weighted by Gasteiger charge is -2.20. The van der Waals surface area contributed by atoms with E-state index in [-0.39, 0.29) is 0 Å². The monoisotopic (exact) mass is 268 g/mol. The summed E-state index contributed by atoms with van der Waals surface area (Å²) in [6, 6.07) is 6.01. The van der Waals surface area contributed by atoms with E-state index in [1.54, 1.807) is 0 Å². The summed E-state index contributed by atoms with van der Waals surface area (Å²) in [7, 11) is 0. The molecule has 0 aromatic carbocycles. The molecule has 0 aliphatic carbocycles. The lowest BCUT2D eigenvalue weighted by Crippen LogP contribution is -2.27. The van der Waals surface area contributed by atoms with Crippen LogP contribution in [0, 0.1) is 6.92 Å². The Bertz CT molecular complexity index is 622. The van der Waals surface area contributed by atoms with E-state index in [4.69, 9.17) is 9.97 Å². The highest BCUT2D eigenvalue weighted by molar-refractivity contribution is 5.51. The van der Waals surface area contributed by atoms with Gasteiger partial charge >= 0.3 is 0 Å². The molecule has 0 saturated carbocycles. The summed E-state index contributed by atoms with van der Waals surface area (Å²) in [5.41, 5.74) is 5.56. The van der Waals surface area contributed by atoms with Gasteiger partial charge in [0.25, 0.3) is 0 Å². The van der Waals surface area contributed by atoms with Crippen molar-refractivity contribution >= 4 is 0 Å². The van der Waals surface area contributed by atoms with Crippen LogP contribution in [0.2, 0.25) is 0 Å². The quantitative estimate of drug-likeness (QED) is 0.929. The molecule has 0 amide bonds. The zero-order chi connectivity index (χ0) is 13.9. The Morgan fingerprint density at radius 3 is 2.90 bits per heavy atom. The number of rotatable bonds is 3. The van der Waals surface area contributed by atoms with Gasteiger partial charge in [-0.25, -0.2) is 15.0 Å². The summed E-state index contributed by atoms with van der Waals surface area (Å²) in [5.74, 6) is 0.776. The van der Waals surface area contributed by atoms with Crippen LogP contribution in [0.1, 0.15) is 36.0 Å². The number of nitrogens with one attached hydrogen (secondary N) is 1.